The Labute approximate surface area is 182 Å². The van der Waals surface area contributed by atoms with Gasteiger partial charge in [0.15, 0.2) is 5.75 Å². The van der Waals surface area contributed by atoms with Gasteiger partial charge in [-0.3, -0.25) is 0 Å². The zero-order valence-electron chi connectivity index (χ0n) is 16.6. The molecule has 0 spiro atoms. The topological polar surface area (TPSA) is 69.2 Å². The van der Waals surface area contributed by atoms with Crippen molar-refractivity contribution in [2.75, 3.05) is 0 Å². The maximum Gasteiger partial charge on any atom is 0.534 e. The van der Waals surface area contributed by atoms with E-state index in [1.54, 1.807) is 42.5 Å². The molecule has 3 aromatic carbocycles. The molecule has 0 N–H and O–H groups in total. The van der Waals surface area contributed by atoms with Crippen molar-refractivity contribution in [1.82, 2.24) is 9.97 Å². The predicted molar refractivity (Wildman–Crippen MR) is 115 cm³/mol. The average molecular weight is 458 g/mol. The van der Waals surface area contributed by atoms with Crippen molar-refractivity contribution in [2.24, 2.45) is 0 Å². The monoisotopic (exact) mass is 458 g/mol. The molecular weight excluding hydrogens is 441 g/mol. The second-order valence-corrected chi connectivity index (χ2v) is 9.26. The molecule has 32 heavy (non-hydrogen) atoms. The summed E-state index contributed by atoms with van der Waals surface area (Å²) in [5.74, 6) is 0.337. The van der Waals surface area contributed by atoms with Gasteiger partial charge in [0.1, 0.15) is 5.82 Å². The van der Waals surface area contributed by atoms with E-state index < -0.39 is 21.4 Å². The molecular formula is C23H17F3N2O3S. The Morgan fingerprint density at radius 2 is 1.56 bits per heavy atom. The van der Waals surface area contributed by atoms with Crippen LogP contribution >= 0.6 is 0 Å². The van der Waals surface area contributed by atoms with E-state index in [0.29, 0.717) is 33.2 Å². The Morgan fingerprint density at radius 1 is 0.875 bits per heavy atom. The molecule has 0 unspecified atom stereocenters. The molecule has 4 aromatic rings. The van der Waals surface area contributed by atoms with Crippen molar-refractivity contribution in [2.45, 2.75) is 30.7 Å². The van der Waals surface area contributed by atoms with Crippen molar-refractivity contribution in [3.8, 4) is 17.0 Å². The van der Waals surface area contributed by atoms with Crippen LogP contribution in [0.1, 0.15) is 31.0 Å². The second-order valence-electron chi connectivity index (χ2n) is 7.72. The number of rotatable bonds is 4. The molecule has 1 aliphatic rings. The fourth-order valence-corrected chi connectivity index (χ4v) is 4.33. The second kappa shape index (κ2) is 7.44. The lowest BCUT2D eigenvalue weighted by Crippen LogP contribution is -2.28. The normalized spacial score (nSPS) is 15.1. The summed E-state index contributed by atoms with van der Waals surface area (Å²) >= 11 is 0. The van der Waals surface area contributed by atoms with E-state index in [9.17, 15) is 21.6 Å². The molecule has 9 heteroatoms. The number of para-hydroxylation sites is 1. The van der Waals surface area contributed by atoms with E-state index in [4.69, 9.17) is 4.98 Å². The molecule has 0 bridgehead atoms. The van der Waals surface area contributed by atoms with E-state index in [-0.39, 0.29) is 11.5 Å². The number of nitrogens with zero attached hydrogens (tertiary/aromatic N) is 2. The number of halogens is 3. The highest BCUT2D eigenvalue weighted by molar-refractivity contribution is 7.88. The van der Waals surface area contributed by atoms with Gasteiger partial charge in [-0.05, 0) is 35.7 Å². The molecule has 5 rings (SSSR count). The first-order chi connectivity index (χ1) is 15.2. The number of aromatic nitrogens is 2. The van der Waals surface area contributed by atoms with Crippen molar-refractivity contribution in [3.05, 3.63) is 66.5 Å². The molecule has 0 aliphatic heterocycles. The molecule has 1 heterocycles. The molecule has 0 radical (unpaired) electrons. The standard InChI is InChI=1S/C23H17F3N2O3S/c24-23(25,26)32(29,30)31-19-13-12-14-6-1-2-9-16(14)20(19)21-17-10-3-4-11-18(17)27-22(28-21)15-7-5-8-15/h1-4,6,9-13,15H,5,7-8H2. The van der Waals surface area contributed by atoms with Crippen molar-refractivity contribution in [1.29, 1.82) is 0 Å². The minimum Gasteiger partial charge on any atom is -0.375 e. The van der Waals surface area contributed by atoms with Gasteiger partial charge < -0.3 is 4.18 Å². The molecule has 1 saturated carbocycles. The fraction of sp³-hybridized carbons (Fsp3) is 0.217. The average Bonchev–Trinajstić information content (AvgIpc) is 2.71. The Hall–Kier alpha value is -3.20. The molecule has 1 aromatic heterocycles. The van der Waals surface area contributed by atoms with E-state index in [2.05, 4.69) is 9.17 Å². The van der Waals surface area contributed by atoms with E-state index in [1.165, 1.54) is 12.1 Å². The molecule has 0 amide bonds. The molecule has 0 atom stereocenters. The van der Waals surface area contributed by atoms with Crippen LogP contribution in [0.2, 0.25) is 0 Å². The first-order valence-corrected chi connectivity index (χ1v) is 11.4. The van der Waals surface area contributed by atoms with Crippen LogP contribution < -0.4 is 4.18 Å². The lowest BCUT2D eigenvalue weighted by atomic mass is 9.84. The molecule has 164 valence electrons. The number of alkyl halides is 3. The number of hydrogen-bond acceptors (Lipinski definition) is 5. The Morgan fingerprint density at radius 3 is 2.25 bits per heavy atom. The first kappa shape index (κ1) is 20.7. The van der Waals surface area contributed by atoms with Crippen LogP contribution in [0.15, 0.2) is 60.7 Å². The molecule has 1 fully saturated rings. The van der Waals surface area contributed by atoms with E-state index in [1.807, 2.05) is 6.07 Å². The highest BCUT2D eigenvalue weighted by atomic mass is 32.2. The summed E-state index contributed by atoms with van der Waals surface area (Å²) in [6.45, 7) is 0. The van der Waals surface area contributed by atoms with Gasteiger partial charge in [0, 0.05) is 11.3 Å². The highest BCUT2D eigenvalue weighted by Gasteiger charge is 2.49. The Kier molecular flexibility index (Phi) is 4.81. The van der Waals surface area contributed by atoms with Gasteiger partial charge in [0.05, 0.1) is 16.8 Å². The smallest absolute Gasteiger partial charge is 0.375 e. The van der Waals surface area contributed by atoms with E-state index >= 15 is 0 Å². The predicted octanol–water partition coefficient (Wildman–Crippen LogP) is 5.95. The van der Waals surface area contributed by atoms with Crippen LogP contribution in [0.25, 0.3) is 32.9 Å². The third-order valence-corrected chi connectivity index (χ3v) is 6.67. The molecule has 1 aliphatic carbocycles. The quantitative estimate of drug-likeness (QED) is 0.279. The summed E-state index contributed by atoms with van der Waals surface area (Å²) in [5, 5.41) is 1.85. The van der Waals surface area contributed by atoms with Gasteiger partial charge in [-0.25, -0.2) is 9.97 Å². The van der Waals surface area contributed by atoms with Crippen LogP contribution in [0.3, 0.4) is 0 Å². The third kappa shape index (κ3) is 3.46. The summed E-state index contributed by atoms with van der Waals surface area (Å²) in [7, 11) is -5.87. The number of fused-ring (bicyclic) bond motifs is 2. The minimum atomic E-state index is -5.87. The largest absolute Gasteiger partial charge is 0.534 e. The van der Waals surface area contributed by atoms with Crippen LogP contribution in [0.4, 0.5) is 13.2 Å². The SMILES string of the molecule is O=S(=O)(Oc1ccc2ccccc2c1-c1nc(C2CCC2)nc2ccccc12)C(F)(F)F. The lowest BCUT2D eigenvalue weighted by Gasteiger charge is -2.25. The maximum atomic E-state index is 13.1. The Bertz CT molecular complexity index is 1450. The van der Waals surface area contributed by atoms with Crippen LogP contribution in [0, 0.1) is 0 Å². The van der Waals surface area contributed by atoms with Gasteiger partial charge in [0.25, 0.3) is 0 Å². The summed E-state index contributed by atoms with van der Waals surface area (Å²) in [4.78, 5) is 9.39. The minimum absolute atomic E-state index is 0.164. The summed E-state index contributed by atoms with van der Waals surface area (Å²) in [6, 6.07) is 16.9. The van der Waals surface area contributed by atoms with Crippen LogP contribution in [0.5, 0.6) is 5.75 Å². The third-order valence-electron chi connectivity index (χ3n) is 5.70. The summed E-state index contributed by atoms with van der Waals surface area (Å²) in [5.41, 5.74) is -4.38. The first-order valence-electron chi connectivity index (χ1n) is 10.0. The Balaban J connectivity index is 1.83. The molecule has 5 nitrogen and oxygen atoms in total. The zero-order valence-corrected chi connectivity index (χ0v) is 17.4. The molecule has 0 saturated heterocycles. The zero-order chi connectivity index (χ0) is 22.5. The summed E-state index contributed by atoms with van der Waals surface area (Å²) < 4.78 is 67.7. The van der Waals surface area contributed by atoms with Crippen molar-refractivity contribution in [3.63, 3.8) is 0 Å². The maximum absolute atomic E-state index is 13.1. The van der Waals surface area contributed by atoms with Crippen LogP contribution in [-0.4, -0.2) is 23.9 Å². The van der Waals surface area contributed by atoms with Gasteiger partial charge in [-0.2, -0.15) is 21.6 Å². The van der Waals surface area contributed by atoms with Crippen LogP contribution in [-0.2, 0) is 10.1 Å². The van der Waals surface area contributed by atoms with Crippen molar-refractivity contribution >= 4 is 31.8 Å². The van der Waals surface area contributed by atoms with Gasteiger partial charge in [-0.1, -0.05) is 55.0 Å². The summed E-state index contributed by atoms with van der Waals surface area (Å²) in [6.07, 6.45) is 2.92. The van der Waals surface area contributed by atoms with Gasteiger partial charge in [-0.15, -0.1) is 0 Å². The fourth-order valence-electron chi connectivity index (χ4n) is 3.86. The number of hydrogen-bond donors (Lipinski definition) is 0. The number of benzene rings is 3. The van der Waals surface area contributed by atoms with Gasteiger partial charge >= 0.3 is 15.6 Å². The van der Waals surface area contributed by atoms with E-state index in [0.717, 1.165) is 19.3 Å². The van der Waals surface area contributed by atoms with Gasteiger partial charge in [0.2, 0.25) is 0 Å². The van der Waals surface area contributed by atoms with Crippen molar-refractivity contribution < 1.29 is 25.8 Å². The lowest BCUT2D eigenvalue weighted by molar-refractivity contribution is -0.0499. The highest BCUT2D eigenvalue weighted by Crippen LogP contribution is 2.43.